The fourth-order valence-corrected chi connectivity index (χ4v) is 1.56. The van der Waals surface area contributed by atoms with E-state index >= 15 is 0 Å². The van der Waals surface area contributed by atoms with Gasteiger partial charge in [0.15, 0.2) is 11.5 Å². The number of hydrogen-bond acceptors (Lipinski definition) is 3. The van der Waals surface area contributed by atoms with Crippen LogP contribution in [0.1, 0.15) is 19.4 Å². The lowest BCUT2D eigenvalue weighted by Crippen LogP contribution is -2.17. The number of nitrogens with two attached hydrogens (primary N) is 1. The second kappa shape index (κ2) is 8.68. The van der Waals surface area contributed by atoms with Crippen LogP contribution >= 0.6 is 12.4 Å². The third-order valence-corrected chi connectivity index (χ3v) is 2.18. The first kappa shape index (κ1) is 16.6. The summed E-state index contributed by atoms with van der Waals surface area (Å²) in [6, 6.07) is 5.94. The molecule has 0 aliphatic rings. The van der Waals surface area contributed by atoms with Gasteiger partial charge in [0.1, 0.15) is 6.61 Å². The van der Waals surface area contributed by atoms with Crippen molar-refractivity contribution in [1.82, 2.24) is 0 Å². The predicted molar refractivity (Wildman–Crippen MR) is 76.5 cm³/mol. The normalized spacial score (nSPS) is 11.0. The van der Waals surface area contributed by atoms with Gasteiger partial charge in [0.2, 0.25) is 0 Å². The second-order valence-electron chi connectivity index (χ2n) is 3.89. The van der Waals surface area contributed by atoms with Gasteiger partial charge in [-0.25, -0.2) is 0 Å². The van der Waals surface area contributed by atoms with Crippen LogP contribution in [0.5, 0.6) is 11.5 Å². The van der Waals surface area contributed by atoms with Gasteiger partial charge in [-0.15, -0.1) is 18.8 Å². The van der Waals surface area contributed by atoms with Gasteiger partial charge in [-0.1, -0.05) is 12.0 Å². The highest BCUT2D eigenvalue weighted by Gasteiger charge is 2.07. The van der Waals surface area contributed by atoms with Crippen LogP contribution in [-0.4, -0.2) is 19.3 Å². The molecule has 1 aromatic carbocycles. The Labute approximate surface area is 115 Å². The maximum Gasteiger partial charge on any atom is 0.162 e. The smallest absolute Gasteiger partial charge is 0.162 e. The molecule has 4 heteroatoms. The van der Waals surface area contributed by atoms with Crippen LogP contribution in [0.2, 0.25) is 0 Å². The Bertz CT molecular complexity index is 399. The van der Waals surface area contributed by atoms with E-state index in [4.69, 9.17) is 21.6 Å². The van der Waals surface area contributed by atoms with E-state index in [1.165, 1.54) is 0 Å². The molecule has 0 bridgehead atoms. The molecule has 1 atom stereocenters. The lowest BCUT2D eigenvalue weighted by Gasteiger charge is -2.13. The fourth-order valence-electron chi connectivity index (χ4n) is 1.56. The minimum atomic E-state index is 0. The monoisotopic (exact) mass is 269 g/mol. The summed E-state index contributed by atoms with van der Waals surface area (Å²) < 4.78 is 10.9. The number of terminal acetylenes is 1. The average molecular weight is 270 g/mol. The third kappa shape index (κ3) is 5.31. The second-order valence-corrected chi connectivity index (χ2v) is 3.89. The molecule has 0 heterocycles. The largest absolute Gasteiger partial charge is 0.490 e. The van der Waals surface area contributed by atoms with Crippen LogP contribution in [0.25, 0.3) is 0 Å². The van der Waals surface area contributed by atoms with Crippen LogP contribution in [0.3, 0.4) is 0 Å². The first-order chi connectivity index (χ1) is 8.17. The van der Waals surface area contributed by atoms with E-state index in [0.29, 0.717) is 12.4 Å². The molecule has 0 saturated heterocycles. The van der Waals surface area contributed by atoms with Gasteiger partial charge in [-0.05, 0) is 38.0 Å². The molecule has 1 unspecified atom stereocenters. The number of benzene rings is 1. The van der Waals surface area contributed by atoms with Gasteiger partial charge >= 0.3 is 0 Å². The van der Waals surface area contributed by atoms with Gasteiger partial charge in [0.05, 0.1) is 6.61 Å². The quantitative estimate of drug-likeness (QED) is 0.807. The maximum absolute atomic E-state index is 5.77. The Morgan fingerprint density at radius 1 is 1.33 bits per heavy atom. The van der Waals surface area contributed by atoms with E-state index in [2.05, 4.69) is 5.92 Å². The molecule has 0 spiro atoms. The molecule has 1 aromatic rings. The molecule has 0 fully saturated rings. The molecule has 2 N–H and O–H groups in total. The molecule has 0 aromatic heterocycles. The van der Waals surface area contributed by atoms with E-state index in [9.17, 15) is 0 Å². The Kier molecular flexibility index (Phi) is 8.02. The molecular formula is C14H20ClNO2. The molecule has 0 aliphatic heterocycles. The SMILES string of the molecule is C#CCOc1ccc(CC(C)N)cc1OCC.Cl. The van der Waals surface area contributed by atoms with Crippen molar-refractivity contribution < 1.29 is 9.47 Å². The van der Waals surface area contributed by atoms with Crippen molar-refractivity contribution in [1.29, 1.82) is 0 Å². The van der Waals surface area contributed by atoms with Crippen molar-refractivity contribution >= 4 is 12.4 Å². The Balaban J connectivity index is 0.00000289. The lowest BCUT2D eigenvalue weighted by atomic mass is 10.1. The molecule has 18 heavy (non-hydrogen) atoms. The van der Waals surface area contributed by atoms with E-state index in [0.717, 1.165) is 17.7 Å². The maximum atomic E-state index is 5.77. The molecule has 100 valence electrons. The fraction of sp³-hybridized carbons (Fsp3) is 0.429. The number of hydrogen-bond donors (Lipinski definition) is 1. The van der Waals surface area contributed by atoms with Crippen LogP contribution < -0.4 is 15.2 Å². The van der Waals surface area contributed by atoms with Gasteiger partial charge < -0.3 is 15.2 Å². The minimum Gasteiger partial charge on any atom is -0.490 e. The van der Waals surface area contributed by atoms with Crippen molar-refractivity contribution in [3.8, 4) is 23.8 Å². The Morgan fingerprint density at radius 3 is 2.61 bits per heavy atom. The standard InChI is InChI=1S/C14H19NO2.ClH/c1-4-8-17-13-7-6-12(9-11(3)15)10-14(13)16-5-2;/h1,6-7,10-11H,5,8-9,15H2,2-3H3;1H. The molecule has 0 amide bonds. The van der Waals surface area contributed by atoms with Gasteiger partial charge in [-0.2, -0.15) is 0 Å². The van der Waals surface area contributed by atoms with E-state index in [-0.39, 0.29) is 25.1 Å². The Hall–Kier alpha value is -1.37. The summed E-state index contributed by atoms with van der Waals surface area (Å²) in [5.41, 5.74) is 6.90. The summed E-state index contributed by atoms with van der Waals surface area (Å²) >= 11 is 0. The van der Waals surface area contributed by atoms with Gasteiger partial charge in [-0.3, -0.25) is 0 Å². The minimum absolute atomic E-state index is 0. The summed E-state index contributed by atoms with van der Waals surface area (Å²) in [4.78, 5) is 0. The Morgan fingerprint density at radius 2 is 2.06 bits per heavy atom. The number of halogens is 1. The predicted octanol–water partition coefficient (Wildman–Crippen LogP) is 2.41. The van der Waals surface area contributed by atoms with E-state index in [1.54, 1.807) is 0 Å². The van der Waals surface area contributed by atoms with Crippen molar-refractivity contribution in [2.75, 3.05) is 13.2 Å². The molecule has 0 saturated carbocycles. The zero-order valence-corrected chi connectivity index (χ0v) is 11.6. The first-order valence-corrected chi connectivity index (χ1v) is 5.75. The van der Waals surface area contributed by atoms with Gasteiger partial charge in [0.25, 0.3) is 0 Å². The summed E-state index contributed by atoms with van der Waals surface area (Å²) in [5.74, 6) is 3.84. The first-order valence-electron chi connectivity index (χ1n) is 5.75. The summed E-state index contributed by atoms with van der Waals surface area (Å²) in [7, 11) is 0. The van der Waals surface area contributed by atoms with Crippen molar-refractivity contribution in [3.05, 3.63) is 23.8 Å². The zero-order chi connectivity index (χ0) is 12.7. The van der Waals surface area contributed by atoms with Crippen LogP contribution in [0.4, 0.5) is 0 Å². The summed E-state index contributed by atoms with van der Waals surface area (Å²) in [6.07, 6.45) is 5.98. The zero-order valence-electron chi connectivity index (χ0n) is 10.8. The van der Waals surface area contributed by atoms with Crippen LogP contribution in [0, 0.1) is 12.3 Å². The summed E-state index contributed by atoms with van der Waals surface area (Å²) in [6.45, 7) is 4.74. The molecule has 3 nitrogen and oxygen atoms in total. The highest BCUT2D eigenvalue weighted by Crippen LogP contribution is 2.28. The lowest BCUT2D eigenvalue weighted by molar-refractivity contribution is 0.299. The number of rotatable bonds is 6. The topological polar surface area (TPSA) is 44.5 Å². The summed E-state index contributed by atoms with van der Waals surface area (Å²) in [5, 5.41) is 0. The highest BCUT2D eigenvalue weighted by atomic mass is 35.5. The molecule has 1 rings (SSSR count). The molecule has 0 radical (unpaired) electrons. The molecular weight excluding hydrogens is 250 g/mol. The van der Waals surface area contributed by atoms with Crippen molar-refractivity contribution in [2.24, 2.45) is 5.73 Å². The van der Waals surface area contributed by atoms with E-state index in [1.807, 2.05) is 32.0 Å². The van der Waals surface area contributed by atoms with E-state index < -0.39 is 0 Å². The highest BCUT2D eigenvalue weighted by molar-refractivity contribution is 5.85. The third-order valence-electron chi connectivity index (χ3n) is 2.18. The van der Waals surface area contributed by atoms with Crippen molar-refractivity contribution in [3.63, 3.8) is 0 Å². The van der Waals surface area contributed by atoms with Gasteiger partial charge in [0, 0.05) is 6.04 Å². The molecule has 0 aliphatic carbocycles. The average Bonchev–Trinajstić information content (AvgIpc) is 2.28. The van der Waals surface area contributed by atoms with Crippen LogP contribution in [-0.2, 0) is 6.42 Å². The van der Waals surface area contributed by atoms with Crippen LogP contribution in [0.15, 0.2) is 18.2 Å². The van der Waals surface area contributed by atoms with Crippen molar-refractivity contribution in [2.45, 2.75) is 26.3 Å². The number of ether oxygens (including phenoxy) is 2.